The molecule has 2 aliphatic heterocycles. The van der Waals surface area contributed by atoms with Gasteiger partial charge in [0.2, 0.25) is 11.8 Å². The molecule has 0 aliphatic carbocycles. The Morgan fingerprint density at radius 2 is 1.80 bits per heavy atom. The summed E-state index contributed by atoms with van der Waals surface area (Å²) in [5.41, 5.74) is 3.30. The maximum Gasteiger partial charge on any atom is 0.326 e. The van der Waals surface area contributed by atoms with Gasteiger partial charge in [-0.2, -0.15) is 0 Å². The molecule has 2 aliphatic rings. The number of hydrazine groups is 1. The Kier molecular flexibility index (Phi) is 4.69. The minimum atomic E-state index is -0.994. The molecule has 0 aromatic heterocycles. The van der Waals surface area contributed by atoms with E-state index in [-0.39, 0.29) is 30.6 Å². The number of anilines is 1. The zero-order valence-corrected chi connectivity index (χ0v) is 13.6. The summed E-state index contributed by atoms with van der Waals surface area (Å²) >= 11 is 0. The van der Waals surface area contributed by atoms with Crippen LogP contribution in [0.15, 0.2) is 24.3 Å². The van der Waals surface area contributed by atoms with E-state index in [0.717, 1.165) is 12.8 Å². The van der Waals surface area contributed by atoms with E-state index in [9.17, 15) is 24.3 Å². The van der Waals surface area contributed by atoms with E-state index in [1.54, 1.807) is 24.3 Å². The summed E-state index contributed by atoms with van der Waals surface area (Å²) in [6.45, 7) is 0.415. The molecule has 0 saturated carbocycles. The van der Waals surface area contributed by atoms with Gasteiger partial charge in [-0.3, -0.25) is 19.8 Å². The van der Waals surface area contributed by atoms with Crippen molar-refractivity contribution >= 4 is 29.4 Å². The molecule has 1 atom stereocenters. The van der Waals surface area contributed by atoms with Gasteiger partial charge in [0, 0.05) is 24.9 Å². The Morgan fingerprint density at radius 1 is 1.08 bits per heavy atom. The number of carboxylic acid groups (broad SMARTS) is 1. The van der Waals surface area contributed by atoms with Crippen LogP contribution in [0, 0.1) is 0 Å². The fraction of sp³-hybridized carbons (Fsp3) is 0.412. The molecule has 2 fully saturated rings. The molecule has 1 aromatic carbocycles. The highest BCUT2D eigenvalue weighted by Crippen LogP contribution is 2.22. The molecule has 3 rings (SSSR count). The van der Waals surface area contributed by atoms with Crippen molar-refractivity contribution in [3.8, 4) is 0 Å². The first-order valence-corrected chi connectivity index (χ1v) is 8.23. The fourth-order valence-electron chi connectivity index (χ4n) is 3.13. The third-order valence-corrected chi connectivity index (χ3v) is 4.47. The van der Waals surface area contributed by atoms with Crippen molar-refractivity contribution < 1.29 is 24.3 Å². The summed E-state index contributed by atoms with van der Waals surface area (Å²) in [6, 6.07) is 5.41. The van der Waals surface area contributed by atoms with Crippen LogP contribution in [-0.4, -0.2) is 46.3 Å². The molecule has 8 heteroatoms. The largest absolute Gasteiger partial charge is 0.480 e. The van der Waals surface area contributed by atoms with Gasteiger partial charge >= 0.3 is 5.97 Å². The van der Waals surface area contributed by atoms with Crippen molar-refractivity contribution in [3.05, 3.63) is 29.8 Å². The van der Waals surface area contributed by atoms with Gasteiger partial charge in [0.05, 0.1) is 5.69 Å². The van der Waals surface area contributed by atoms with E-state index >= 15 is 0 Å². The van der Waals surface area contributed by atoms with Crippen molar-refractivity contribution in [2.75, 3.05) is 11.6 Å². The summed E-state index contributed by atoms with van der Waals surface area (Å²) in [5, 5.41) is 10.5. The number of carbonyl (C=O) groups excluding carboxylic acids is 3. The standard InChI is InChI=1S/C17H19N3O5/c21-14-8-9-15(22)20(18-14)12-6-4-11(5-7-12)16(23)19-10-2-1-3-13(19)17(24)25/h4-7,13H,1-3,8-10H2,(H,18,21)(H,24,25). The molecule has 3 amide bonds. The molecular weight excluding hydrogens is 326 g/mol. The van der Waals surface area contributed by atoms with Crippen molar-refractivity contribution in [2.24, 2.45) is 0 Å². The van der Waals surface area contributed by atoms with Crippen LogP contribution in [0.3, 0.4) is 0 Å². The molecule has 132 valence electrons. The number of likely N-dealkylation sites (tertiary alicyclic amines) is 1. The van der Waals surface area contributed by atoms with Crippen LogP contribution in [0.4, 0.5) is 5.69 Å². The van der Waals surface area contributed by atoms with Crippen molar-refractivity contribution in [3.63, 3.8) is 0 Å². The van der Waals surface area contributed by atoms with Gasteiger partial charge in [-0.25, -0.2) is 9.80 Å². The number of hydrogen-bond acceptors (Lipinski definition) is 4. The number of hydrogen-bond donors (Lipinski definition) is 2. The highest BCUT2D eigenvalue weighted by Gasteiger charge is 2.32. The van der Waals surface area contributed by atoms with Crippen LogP contribution >= 0.6 is 0 Å². The smallest absolute Gasteiger partial charge is 0.326 e. The van der Waals surface area contributed by atoms with E-state index in [1.807, 2.05) is 0 Å². The molecule has 8 nitrogen and oxygen atoms in total. The first-order chi connectivity index (χ1) is 12.0. The van der Waals surface area contributed by atoms with Gasteiger partial charge in [-0.1, -0.05) is 0 Å². The second-order valence-corrected chi connectivity index (χ2v) is 6.16. The summed E-state index contributed by atoms with van der Waals surface area (Å²) < 4.78 is 0. The van der Waals surface area contributed by atoms with Crippen molar-refractivity contribution in [1.82, 2.24) is 10.3 Å². The fourth-order valence-corrected chi connectivity index (χ4v) is 3.13. The predicted molar refractivity (Wildman–Crippen MR) is 87.6 cm³/mol. The zero-order valence-electron chi connectivity index (χ0n) is 13.6. The third-order valence-electron chi connectivity index (χ3n) is 4.47. The second kappa shape index (κ2) is 6.92. The summed E-state index contributed by atoms with van der Waals surface area (Å²) in [7, 11) is 0. The minimum absolute atomic E-state index is 0.139. The molecule has 0 spiro atoms. The van der Waals surface area contributed by atoms with Crippen molar-refractivity contribution in [1.29, 1.82) is 0 Å². The van der Waals surface area contributed by atoms with Gasteiger partial charge < -0.3 is 10.0 Å². The van der Waals surface area contributed by atoms with Gasteiger partial charge in [0.1, 0.15) is 6.04 Å². The summed E-state index contributed by atoms with van der Waals surface area (Å²) in [4.78, 5) is 48.7. The number of nitrogens with one attached hydrogen (secondary N) is 1. The number of amides is 3. The van der Waals surface area contributed by atoms with Crippen LogP contribution in [0.2, 0.25) is 0 Å². The number of carboxylic acids is 1. The number of benzene rings is 1. The second-order valence-electron chi connectivity index (χ2n) is 6.16. The molecule has 0 radical (unpaired) electrons. The van der Waals surface area contributed by atoms with Crippen LogP contribution in [0.25, 0.3) is 0 Å². The van der Waals surface area contributed by atoms with Crippen LogP contribution in [0.1, 0.15) is 42.5 Å². The van der Waals surface area contributed by atoms with Crippen molar-refractivity contribution in [2.45, 2.75) is 38.1 Å². The Bertz CT molecular complexity index is 715. The molecular formula is C17H19N3O5. The Morgan fingerprint density at radius 3 is 2.48 bits per heavy atom. The molecule has 1 unspecified atom stereocenters. The number of aliphatic carboxylic acids is 1. The van der Waals surface area contributed by atoms with E-state index in [4.69, 9.17) is 0 Å². The highest BCUT2D eigenvalue weighted by molar-refractivity contribution is 6.02. The molecule has 2 N–H and O–H groups in total. The number of rotatable bonds is 3. The SMILES string of the molecule is O=C1CCC(=O)N(c2ccc(C(=O)N3CCCCC3C(=O)O)cc2)N1. The molecule has 0 bridgehead atoms. The number of carbonyl (C=O) groups is 4. The van der Waals surface area contributed by atoms with E-state index in [2.05, 4.69) is 5.43 Å². The average molecular weight is 345 g/mol. The number of nitrogens with zero attached hydrogens (tertiary/aromatic N) is 2. The maximum absolute atomic E-state index is 12.6. The Balaban J connectivity index is 1.77. The zero-order chi connectivity index (χ0) is 18.0. The monoisotopic (exact) mass is 345 g/mol. The van der Waals surface area contributed by atoms with Gasteiger partial charge in [0.15, 0.2) is 0 Å². The lowest BCUT2D eigenvalue weighted by Gasteiger charge is -2.33. The lowest BCUT2D eigenvalue weighted by Crippen LogP contribution is -2.50. The van der Waals surface area contributed by atoms with Gasteiger partial charge in [-0.15, -0.1) is 0 Å². The van der Waals surface area contributed by atoms with Crippen LogP contribution < -0.4 is 10.4 Å². The number of piperidine rings is 1. The molecule has 25 heavy (non-hydrogen) atoms. The summed E-state index contributed by atoms with van der Waals surface area (Å²) in [5.74, 6) is -1.79. The van der Waals surface area contributed by atoms with E-state index < -0.39 is 12.0 Å². The Hall–Kier alpha value is -2.90. The molecule has 2 saturated heterocycles. The maximum atomic E-state index is 12.6. The quantitative estimate of drug-likeness (QED) is 0.847. The first-order valence-electron chi connectivity index (χ1n) is 8.23. The minimum Gasteiger partial charge on any atom is -0.480 e. The van der Waals surface area contributed by atoms with E-state index in [1.165, 1.54) is 9.91 Å². The van der Waals surface area contributed by atoms with Crippen LogP contribution in [-0.2, 0) is 14.4 Å². The molecule has 2 heterocycles. The highest BCUT2D eigenvalue weighted by atomic mass is 16.4. The average Bonchev–Trinajstić information content (AvgIpc) is 2.63. The third kappa shape index (κ3) is 3.47. The van der Waals surface area contributed by atoms with Gasteiger partial charge in [0.25, 0.3) is 5.91 Å². The predicted octanol–water partition coefficient (Wildman–Crippen LogP) is 0.924. The topological polar surface area (TPSA) is 107 Å². The van der Waals surface area contributed by atoms with Gasteiger partial charge in [-0.05, 0) is 43.5 Å². The Labute approximate surface area is 144 Å². The van der Waals surface area contributed by atoms with Crippen LogP contribution in [0.5, 0.6) is 0 Å². The lowest BCUT2D eigenvalue weighted by atomic mass is 10.0. The van der Waals surface area contributed by atoms with E-state index in [0.29, 0.717) is 24.2 Å². The lowest BCUT2D eigenvalue weighted by molar-refractivity contribution is -0.143. The first kappa shape index (κ1) is 16.9. The summed E-state index contributed by atoms with van der Waals surface area (Å²) in [6.07, 6.45) is 2.32. The molecule has 1 aromatic rings. The normalized spacial score (nSPS) is 21.0.